The number of alkyl halides is 1. The first kappa shape index (κ1) is 10.8. The number of halogens is 1. The lowest BCUT2D eigenvalue weighted by molar-refractivity contribution is -0.403. The first-order valence-electron chi connectivity index (χ1n) is 3.64. The Labute approximate surface area is 72.8 Å². The van der Waals surface area contributed by atoms with Gasteiger partial charge in [-0.25, -0.2) is 0 Å². The summed E-state index contributed by atoms with van der Waals surface area (Å²) in [7, 11) is 0. The van der Waals surface area contributed by atoms with Crippen LogP contribution in [0.15, 0.2) is 0 Å². The van der Waals surface area contributed by atoms with Gasteiger partial charge in [-0.05, 0) is 0 Å². The molecule has 5 unspecified atom stereocenters. The van der Waals surface area contributed by atoms with Crippen LogP contribution in [0.2, 0.25) is 0 Å². The van der Waals surface area contributed by atoms with E-state index in [-0.39, 0.29) is 0 Å². The zero-order chi connectivity index (χ0) is 10.2. The molecule has 6 nitrogen and oxygen atoms in total. The van der Waals surface area contributed by atoms with E-state index in [1.165, 1.54) is 0 Å². The third-order valence-corrected chi connectivity index (χ3v) is 1.92. The molecular weight excluding hydrogens is 187 g/mol. The van der Waals surface area contributed by atoms with E-state index in [2.05, 4.69) is 4.74 Å². The smallest absolute Gasteiger partial charge is 0.347 e. The Morgan fingerprint density at radius 2 is 1.77 bits per heavy atom. The molecule has 0 aromatic carbocycles. The molecule has 0 aromatic rings. The fourth-order valence-corrected chi connectivity index (χ4v) is 1.11. The van der Waals surface area contributed by atoms with Crippen LogP contribution in [0.1, 0.15) is 0 Å². The summed E-state index contributed by atoms with van der Waals surface area (Å²) in [5.41, 5.74) is 0. The number of hydrogen-bond donors (Lipinski definition) is 5. The molecule has 1 aliphatic rings. The third-order valence-electron chi connectivity index (χ3n) is 1.92. The molecule has 0 aliphatic carbocycles. The zero-order valence-corrected chi connectivity index (χ0v) is 6.54. The second-order valence-corrected chi connectivity index (χ2v) is 2.87. The van der Waals surface area contributed by atoms with Crippen molar-refractivity contribution in [2.24, 2.45) is 0 Å². The van der Waals surface area contributed by atoms with Crippen LogP contribution in [0.5, 0.6) is 0 Å². The van der Waals surface area contributed by atoms with E-state index in [4.69, 9.17) is 25.5 Å². The molecule has 1 rings (SSSR count). The van der Waals surface area contributed by atoms with Gasteiger partial charge in [0.05, 0.1) is 6.61 Å². The molecule has 0 radical (unpaired) electrons. The van der Waals surface area contributed by atoms with Gasteiger partial charge in [-0.3, -0.25) is 0 Å². The topological polar surface area (TPSA) is 110 Å². The van der Waals surface area contributed by atoms with Gasteiger partial charge >= 0.3 is 6.04 Å². The zero-order valence-electron chi connectivity index (χ0n) is 6.54. The van der Waals surface area contributed by atoms with Crippen molar-refractivity contribution in [2.45, 2.75) is 30.5 Å². The molecule has 5 atom stereocenters. The summed E-state index contributed by atoms with van der Waals surface area (Å²) in [5.74, 6) is 0. The Kier molecular flexibility index (Phi) is 2.85. The fourth-order valence-electron chi connectivity index (χ4n) is 1.11. The minimum atomic E-state index is -3.45. The molecule has 13 heavy (non-hydrogen) atoms. The lowest BCUT2D eigenvalue weighted by Gasteiger charge is -2.40. The summed E-state index contributed by atoms with van der Waals surface area (Å²) in [5, 5.41) is 44.2. The van der Waals surface area contributed by atoms with Crippen molar-refractivity contribution in [3.8, 4) is 0 Å². The molecule has 1 fully saturated rings. The summed E-state index contributed by atoms with van der Waals surface area (Å²) in [6.45, 7) is -0.781. The van der Waals surface area contributed by atoms with Crippen molar-refractivity contribution < 1.29 is 34.7 Å². The number of aliphatic hydroxyl groups is 5. The summed E-state index contributed by atoms with van der Waals surface area (Å²) in [6.07, 6.45) is -7.27. The molecule has 0 spiro atoms. The summed E-state index contributed by atoms with van der Waals surface area (Å²) >= 11 is 0. The highest BCUT2D eigenvalue weighted by Gasteiger charge is 2.53. The summed E-state index contributed by atoms with van der Waals surface area (Å²) in [4.78, 5) is 0. The van der Waals surface area contributed by atoms with Crippen LogP contribution in [0, 0.1) is 0 Å². The van der Waals surface area contributed by atoms with E-state index in [9.17, 15) is 4.39 Å². The first-order valence-corrected chi connectivity index (χ1v) is 3.64. The Bertz CT molecular complexity index is 184. The van der Waals surface area contributed by atoms with E-state index >= 15 is 0 Å². The van der Waals surface area contributed by atoms with Gasteiger partial charge in [0.2, 0.25) is 0 Å². The monoisotopic (exact) mass is 198 g/mol. The van der Waals surface area contributed by atoms with Crippen molar-refractivity contribution in [1.29, 1.82) is 0 Å². The quantitative estimate of drug-likeness (QED) is 0.308. The summed E-state index contributed by atoms with van der Waals surface area (Å²) < 4.78 is 16.9. The highest BCUT2D eigenvalue weighted by Crippen LogP contribution is 2.28. The second kappa shape index (κ2) is 3.45. The average Bonchev–Trinajstić information content (AvgIpc) is 2.08. The van der Waals surface area contributed by atoms with Crippen molar-refractivity contribution in [2.75, 3.05) is 6.61 Å². The van der Waals surface area contributed by atoms with Crippen LogP contribution < -0.4 is 0 Å². The maximum atomic E-state index is 12.8. The molecule has 1 aliphatic heterocycles. The van der Waals surface area contributed by atoms with Crippen LogP contribution in [-0.4, -0.2) is 62.6 Å². The SMILES string of the molecule is OCC1OC(O)(F)C(O)C(O)C1O. The van der Waals surface area contributed by atoms with Crippen LogP contribution in [0.4, 0.5) is 4.39 Å². The van der Waals surface area contributed by atoms with E-state index < -0.39 is 37.1 Å². The fraction of sp³-hybridized carbons (Fsp3) is 1.00. The van der Waals surface area contributed by atoms with Gasteiger partial charge in [-0.2, -0.15) is 4.39 Å². The van der Waals surface area contributed by atoms with Crippen LogP contribution in [0.25, 0.3) is 0 Å². The van der Waals surface area contributed by atoms with Gasteiger partial charge in [-0.15, -0.1) is 0 Å². The number of rotatable bonds is 1. The van der Waals surface area contributed by atoms with E-state index in [0.29, 0.717) is 0 Å². The van der Waals surface area contributed by atoms with Gasteiger partial charge in [-0.1, -0.05) is 0 Å². The molecule has 0 saturated carbocycles. The van der Waals surface area contributed by atoms with E-state index in [1.807, 2.05) is 0 Å². The second-order valence-electron chi connectivity index (χ2n) is 2.87. The Hall–Kier alpha value is -0.310. The molecule has 0 bridgehead atoms. The van der Waals surface area contributed by atoms with Crippen LogP contribution in [0.3, 0.4) is 0 Å². The minimum Gasteiger partial charge on any atom is -0.394 e. The van der Waals surface area contributed by atoms with Crippen LogP contribution >= 0.6 is 0 Å². The normalized spacial score (nSPS) is 52.2. The molecule has 78 valence electrons. The molecule has 0 aromatic heterocycles. The van der Waals surface area contributed by atoms with Gasteiger partial charge in [0.1, 0.15) is 18.3 Å². The minimum absolute atomic E-state index is 0.781. The standard InChI is InChI=1S/C6H11FO6/c7-6(12)5(11)4(10)3(9)2(1-8)13-6/h2-5,8-12H,1H2. The Morgan fingerprint density at radius 1 is 1.23 bits per heavy atom. The third kappa shape index (κ3) is 1.80. The molecule has 5 N–H and O–H groups in total. The molecule has 1 saturated heterocycles. The van der Waals surface area contributed by atoms with Crippen molar-refractivity contribution in [3.05, 3.63) is 0 Å². The molecular formula is C6H11FO6. The Balaban J connectivity index is 2.79. The van der Waals surface area contributed by atoms with Gasteiger partial charge in [0.25, 0.3) is 0 Å². The predicted octanol–water partition coefficient (Wildman–Crippen LogP) is -2.92. The van der Waals surface area contributed by atoms with Gasteiger partial charge in [0, 0.05) is 0 Å². The number of ether oxygens (including phenoxy) is 1. The maximum Gasteiger partial charge on any atom is 0.347 e. The highest BCUT2D eigenvalue weighted by molar-refractivity contribution is 4.91. The van der Waals surface area contributed by atoms with Crippen molar-refractivity contribution in [3.63, 3.8) is 0 Å². The van der Waals surface area contributed by atoms with E-state index in [1.54, 1.807) is 0 Å². The number of aliphatic hydroxyl groups excluding tert-OH is 4. The molecule has 1 heterocycles. The van der Waals surface area contributed by atoms with Crippen molar-refractivity contribution >= 4 is 0 Å². The largest absolute Gasteiger partial charge is 0.394 e. The van der Waals surface area contributed by atoms with Crippen molar-refractivity contribution in [1.82, 2.24) is 0 Å². The molecule has 7 heteroatoms. The van der Waals surface area contributed by atoms with Gasteiger partial charge in [0.15, 0.2) is 6.10 Å². The Morgan fingerprint density at radius 3 is 2.23 bits per heavy atom. The maximum absolute atomic E-state index is 12.8. The van der Waals surface area contributed by atoms with Gasteiger partial charge < -0.3 is 30.3 Å². The van der Waals surface area contributed by atoms with Crippen LogP contribution in [-0.2, 0) is 4.74 Å². The average molecular weight is 198 g/mol. The highest BCUT2D eigenvalue weighted by atomic mass is 19.2. The lowest BCUT2D eigenvalue weighted by Crippen LogP contribution is -2.63. The predicted molar refractivity (Wildman–Crippen MR) is 36.0 cm³/mol. The number of hydrogen-bond acceptors (Lipinski definition) is 6. The lowest BCUT2D eigenvalue weighted by atomic mass is 9.98. The molecule has 0 amide bonds. The first-order chi connectivity index (χ1) is 5.90. The summed E-state index contributed by atoms with van der Waals surface area (Å²) in [6, 6.07) is -3.45. The van der Waals surface area contributed by atoms with E-state index in [0.717, 1.165) is 0 Å².